The van der Waals surface area contributed by atoms with E-state index in [1.165, 1.54) is 68.9 Å². The lowest BCUT2D eigenvalue weighted by molar-refractivity contribution is -0.156. The van der Waals surface area contributed by atoms with E-state index in [0.717, 1.165) is 13.0 Å². The Morgan fingerprint density at radius 3 is 2.17 bits per heavy atom. The Hall–Kier alpha value is -3.23. The van der Waals surface area contributed by atoms with E-state index in [1.807, 2.05) is 13.8 Å². The van der Waals surface area contributed by atoms with Crippen molar-refractivity contribution in [3.05, 3.63) is 54.1 Å². The van der Waals surface area contributed by atoms with Gasteiger partial charge in [0.15, 0.2) is 17.4 Å². The van der Waals surface area contributed by atoms with Crippen molar-refractivity contribution < 1.29 is 41.1 Å². The molecule has 224 valence electrons. The van der Waals surface area contributed by atoms with E-state index in [1.54, 1.807) is 0 Å². The number of hydrogen-bond donors (Lipinski definition) is 1. The van der Waals surface area contributed by atoms with Gasteiger partial charge < -0.3 is 14.4 Å². The number of nitrogens with zero attached hydrogens (tertiary/aromatic N) is 2. The molecule has 2 aromatic rings. The summed E-state index contributed by atoms with van der Waals surface area (Å²) >= 11 is 1.19. The molecule has 14 heteroatoms. The number of thioether (sulfide) groups is 1. The Morgan fingerprint density at radius 1 is 1.07 bits per heavy atom. The number of benzene rings is 2. The highest BCUT2D eigenvalue weighted by Crippen LogP contribution is 2.38. The maximum Gasteiger partial charge on any atom is 0.414 e. The summed E-state index contributed by atoms with van der Waals surface area (Å²) < 4.78 is 67.6. The minimum atomic E-state index is -4.93. The molecule has 0 radical (unpaired) electrons. The summed E-state index contributed by atoms with van der Waals surface area (Å²) in [5.74, 6) is -4.18. The number of amides is 1. The lowest BCUT2D eigenvalue weighted by Gasteiger charge is -2.40. The number of ether oxygens (including phenoxy) is 2. The Bertz CT molecular complexity index is 1430. The monoisotopic (exact) mass is 613 g/mol. The van der Waals surface area contributed by atoms with Crippen LogP contribution in [-0.2, 0) is 24.3 Å². The van der Waals surface area contributed by atoms with E-state index in [2.05, 4.69) is 5.32 Å². The average Bonchev–Trinajstić information content (AvgIpc) is 3.24. The first-order valence-corrected chi connectivity index (χ1v) is 15.0. The molecule has 1 heterocycles. The van der Waals surface area contributed by atoms with Crippen LogP contribution in [0.2, 0.25) is 0 Å². The lowest BCUT2D eigenvalue weighted by Crippen LogP contribution is -2.65. The molecular weight excluding hydrogens is 580 g/mol. The van der Waals surface area contributed by atoms with Gasteiger partial charge in [-0.25, -0.2) is 31.1 Å². The highest BCUT2D eigenvalue weighted by Gasteiger charge is 2.57. The summed E-state index contributed by atoms with van der Waals surface area (Å²) in [5, 5.41) is 2.11. The van der Waals surface area contributed by atoms with Crippen LogP contribution in [0.25, 0.3) is 0 Å². The van der Waals surface area contributed by atoms with E-state index in [4.69, 9.17) is 9.47 Å². The quantitative estimate of drug-likeness (QED) is 0.331. The number of halogens is 2. The number of nitrogens with one attached hydrogen (secondary N) is 1. The van der Waals surface area contributed by atoms with E-state index < -0.39 is 67.0 Å². The molecule has 0 aliphatic carbocycles. The molecule has 1 fully saturated rings. The van der Waals surface area contributed by atoms with Gasteiger partial charge in [0.25, 0.3) is 10.0 Å². The van der Waals surface area contributed by atoms with Crippen molar-refractivity contribution in [3.63, 3.8) is 0 Å². The average molecular weight is 614 g/mol. The maximum absolute atomic E-state index is 14.2. The molecule has 2 aromatic carbocycles. The van der Waals surface area contributed by atoms with Crippen LogP contribution in [0.5, 0.6) is 5.75 Å². The number of rotatable bonds is 9. The Balaban J connectivity index is 2.27. The maximum atomic E-state index is 14.2. The minimum absolute atomic E-state index is 0.0465. The third kappa shape index (κ3) is 6.81. The first-order chi connectivity index (χ1) is 18.9. The van der Waals surface area contributed by atoms with Crippen molar-refractivity contribution in [1.82, 2.24) is 10.2 Å². The molecule has 1 aliphatic heterocycles. The number of ketones is 1. The molecule has 10 nitrogen and oxygen atoms in total. The summed E-state index contributed by atoms with van der Waals surface area (Å²) in [6, 6.07) is 6.93. The SMILES string of the molecule is CC(C)OC(=O)[C@@](C)(C(=O)[C@H]1NC(C)(C)CS1)N(c1ccc(OC(=O)N(C)C)cc1)S(=O)(=O)c1ccc(F)c(F)c1. The van der Waals surface area contributed by atoms with Crippen LogP contribution >= 0.6 is 11.8 Å². The van der Waals surface area contributed by atoms with Gasteiger partial charge in [0.1, 0.15) is 11.1 Å². The van der Waals surface area contributed by atoms with E-state index in [0.29, 0.717) is 22.2 Å². The Labute approximate surface area is 242 Å². The third-order valence-electron chi connectivity index (χ3n) is 6.07. The fourth-order valence-corrected chi connectivity index (χ4v) is 7.16. The van der Waals surface area contributed by atoms with Crippen molar-refractivity contribution >= 4 is 45.3 Å². The van der Waals surface area contributed by atoms with Crippen LogP contribution in [0.4, 0.5) is 19.3 Å². The van der Waals surface area contributed by atoms with Crippen LogP contribution in [0.3, 0.4) is 0 Å². The molecule has 0 bridgehead atoms. The number of hydrogen-bond acceptors (Lipinski definition) is 9. The van der Waals surface area contributed by atoms with Gasteiger partial charge in [0, 0.05) is 25.4 Å². The van der Waals surface area contributed by atoms with Gasteiger partial charge in [0.05, 0.1) is 16.7 Å². The second-order valence-corrected chi connectivity index (χ2v) is 13.6. The fraction of sp³-hybridized carbons (Fsp3) is 0.444. The number of anilines is 1. The zero-order valence-electron chi connectivity index (χ0n) is 23.7. The van der Waals surface area contributed by atoms with Gasteiger partial charge in [-0.05, 0) is 77.1 Å². The summed E-state index contributed by atoms with van der Waals surface area (Å²) in [6.45, 7) is 7.89. The topological polar surface area (TPSA) is 122 Å². The molecule has 0 unspecified atom stereocenters. The normalized spacial score (nSPS) is 18.0. The number of sulfonamides is 1. The third-order valence-corrected chi connectivity index (χ3v) is 9.53. The number of esters is 1. The van der Waals surface area contributed by atoms with Crippen molar-refractivity contribution in [1.29, 1.82) is 0 Å². The van der Waals surface area contributed by atoms with Crippen LogP contribution in [0, 0.1) is 11.6 Å². The van der Waals surface area contributed by atoms with Gasteiger partial charge in [-0.15, -0.1) is 11.8 Å². The number of carbonyl (C=O) groups excluding carboxylic acids is 3. The molecule has 3 rings (SSSR count). The van der Waals surface area contributed by atoms with Crippen molar-refractivity contribution in [2.24, 2.45) is 0 Å². The largest absolute Gasteiger partial charge is 0.461 e. The van der Waals surface area contributed by atoms with Crippen molar-refractivity contribution in [3.8, 4) is 5.75 Å². The summed E-state index contributed by atoms with van der Waals surface area (Å²) in [7, 11) is -1.99. The Morgan fingerprint density at radius 2 is 1.68 bits per heavy atom. The standard InChI is InChI=1S/C27H33F2N3O7S2/c1-16(2)38-24(34)27(5,22(33)23-30-26(3,4)15-40-23)32(41(36,37)19-12-13-20(28)21(29)14-19)17-8-10-18(11-9-17)39-25(35)31(6)7/h8-14,16,23,30H,15H2,1-7H3/t23-,27+/m0/s1. The lowest BCUT2D eigenvalue weighted by atomic mass is 9.94. The molecular formula is C27H33F2N3O7S2. The number of Topliss-reactive ketones (excluding diaryl/α,β-unsaturated/α-hetero) is 1. The second-order valence-electron chi connectivity index (χ2n) is 10.7. The van der Waals surface area contributed by atoms with E-state index >= 15 is 0 Å². The molecule has 0 saturated carbocycles. The molecule has 1 N–H and O–H groups in total. The molecule has 0 spiro atoms. The summed E-state index contributed by atoms with van der Waals surface area (Å²) in [6.07, 6.45) is -1.42. The first kappa shape index (κ1) is 32.3. The summed E-state index contributed by atoms with van der Waals surface area (Å²) in [5.41, 5.74) is -3.21. The van der Waals surface area contributed by atoms with Gasteiger partial charge in [-0.2, -0.15) is 0 Å². The highest BCUT2D eigenvalue weighted by molar-refractivity contribution is 8.01. The fourth-order valence-electron chi connectivity index (χ4n) is 3.96. The smallest absolute Gasteiger partial charge is 0.414 e. The van der Waals surface area contributed by atoms with Gasteiger partial charge in [-0.1, -0.05) is 0 Å². The number of carbonyl (C=O) groups is 3. The van der Waals surface area contributed by atoms with Crippen molar-refractivity contribution in [2.75, 3.05) is 24.2 Å². The van der Waals surface area contributed by atoms with Crippen molar-refractivity contribution in [2.45, 2.75) is 62.1 Å². The summed E-state index contributed by atoms with van der Waals surface area (Å²) in [4.78, 5) is 40.4. The first-order valence-electron chi connectivity index (χ1n) is 12.5. The van der Waals surface area contributed by atoms with Gasteiger partial charge in [0.2, 0.25) is 5.54 Å². The Kier molecular flexibility index (Phi) is 9.40. The molecule has 41 heavy (non-hydrogen) atoms. The van der Waals surface area contributed by atoms with Crippen LogP contribution in [0.15, 0.2) is 47.4 Å². The highest BCUT2D eigenvalue weighted by atomic mass is 32.2. The predicted octanol–water partition coefficient (Wildman–Crippen LogP) is 3.94. The van der Waals surface area contributed by atoms with Crippen LogP contribution in [-0.4, -0.2) is 73.6 Å². The zero-order valence-corrected chi connectivity index (χ0v) is 25.4. The predicted molar refractivity (Wildman–Crippen MR) is 150 cm³/mol. The van der Waals surface area contributed by atoms with Crippen LogP contribution < -0.4 is 14.4 Å². The van der Waals surface area contributed by atoms with E-state index in [9.17, 15) is 31.6 Å². The molecule has 1 aliphatic rings. The molecule has 1 saturated heterocycles. The van der Waals surface area contributed by atoms with Gasteiger partial charge >= 0.3 is 12.1 Å². The minimum Gasteiger partial charge on any atom is -0.461 e. The van der Waals surface area contributed by atoms with Gasteiger partial charge in [-0.3, -0.25) is 10.1 Å². The zero-order chi connectivity index (χ0) is 30.9. The molecule has 0 aromatic heterocycles. The van der Waals surface area contributed by atoms with Crippen LogP contribution in [0.1, 0.15) is 34.6 Å². The molecule has 2 atom stereocenters. The second kappa shape index (κ2) is 11.9. The molecule has 1 amide bonds. The van der Waals surface area contributed by atoms with E-state index in [-0.39, 0.29) is 11.4 Å².